The summed E-state index contributed by atoms with van der Waals surface area (Å²) in [5, 5.41) is 7.08. The number of hydrazone groups is 1. The predicted octanol–water partition coefficient (Wildman–Crippen LogP) is 1.77. The molecule has 0 aromatic rings. The summed E-state index contributed by atoms with van der Waals surface area (Å²) in [6.45, 7) is 3.34. The van der Waals surface area contributed by atoms with Gasteiger partial charge in [-0.1, -0.05) is 0 Å². The molecule has 1 spiro atoms. The highest BCUT2D eigenvalue weighted by Gasteiger charge is 2.39. The molecule has 0 unspecified atom stereocenters. The maximum absolute atomic E-state index is 5.75. The van der Waals surface area contributed by atoms with Crippen LogP contribution in [-0.4, -0.2) is 56.0 Å². The van der Waals surface area contributed by atoms with E-state index in [1.807, 2.05) is 0 Å². The van der Waals surface area contributed by atoms with Gasteiger partial charge in [-0.25, -0.2) is 0 Å². The highest BCUT2D eigenvalue weighted by Crippen LogP contribution is 2.35. The van der Waals surface area contributed by atoms with Crippen LogP contribution in [0.3, 0.4) is 0 Å². The molecule has 5 nitrogen and oxygen atoms in total. The average molecular weight is 268 g/mol. The minimum absolute atomic E-state index is 0.282. The molecule has 2 saturated heterocycles. The maximum atomic E-state index is 5.75. The summed E-state index contributed by atoms with van der Waals surface area (Å²) < 4.78 is 16.8. The molecule has 2 aliphatic heterocycles. The zero-order valence-electron chi connectivity index (χ0n) is 11.8. The zero-order valence-corrected chi connectivity index (χ0v) is 11.8. The topological polar surface area (TPSA) is 43.3 Å². The average Bonchev–Trinajstić information content (AvgIpc) is 3.04. The van der Waals surface area contributed by atoms with Gasteiger partial charge in [0.1, 0.15) is 0 Å². The van der Waals surface area contributed by atoms with Crippen LogP contribution in [0.25, 0.3) is 0 Å². The first-order valence-electron chi connectivity index (χ1n) is 7.41. The molecule has 3 aliphatic rings. The highest BCUT2D eigenvalue weighted by atomic mass is 16.7. The molecule has 2 heterocycles. The van der Waals surface area contributed by atoms with Crippen molar-refractivity contribution in [1.29, 1.82) is 0 Å². The molecular formula is C14H24N2O3. The molecule has 0 radical (unpaired) electrons. The monoisotopic (exact) mass is 268 g/mol. The molecule has 3 rings (SSSR count). The van der Waals surface area contributed by atoms with E-state index in [9.17, 15) is 0 Å². The van der Waals surface area contributed by atoms with E-state index in [0.717, 1.165) is 52.0 Å². The molecule has 3 fully saturated rings. The van der Waals surface area contributed by atoms with Crippen LogP contribution >= 0.6 is 0 Å². The SMILES string of the molecule is COC[C@@H]1CCCN1N=C1CCC2(CC1)OCCO2. The number of hydrogen-bond donors (Lipinski definition) is 0. The van der Waals surface area contributed by atoms with Gasteiger partial charge in [0, 0.05) is 32.2 Å². The molecule has 19 heavy (non-hydrogen) atoms. The van der Waals surface area contributed by atoms with Gasteiger partial charge >= 0.3 is 0 Å². The first-order chi connectivity index (χ1) is 9.31. The third-order valence-corrected chi connectivity index (χ3v) is 4.38. The quantitative estimate of drug-likeness (QED) is 0.782. The number of nitrogens with zero attached hydrogens (tertiary/aromatic N) is 2. The van der Waals surface area contributed by atoms with Crippen LogP contribution in [0.1, 0.15) is 38.5 Å². The van der Waals surface area contributed by atoms with Gasteiger partial charge in [0.25, 0.3) is 0 Å². The minimum Gasteiger partial charge on any atom is -0.382 e. The Labute approximate surface area is 114 Å². The lowest BCUT2D eigenvalue weighted by Gasteiger charge is -2.32. The second-order valence-corrected chi connectivity index (χ2v) is 5.69. The maximum Gasteiger partial charge on any atom is 0.169 e. The minimum atomic E-state index is -0.282. The molecule has 1 saturated carbocycles. The number of rotatable bonds is 3. The van der Waals surface area contributed by atoms with Crippen LogP contribution in [0.2, 0.25) is 0 Å². The summed E-state index contributed by atoms with van der Waals surface area (Å²) in [5.41, 5.74) is 1.30. The van der Waals surface area contributed by atoms with Crippen molar-refractivity contribution in [2.45, 2.75) is 50.4 Å². The Morgan fingerprint density at radius 2 is 2.05 bits per heavy atom. The third-order valence-electron chi connectivity index (χ3n) is 4.38. The number of methoxy groups -OCH3 is 1. The predicted molar refractivity (Wildman–Crippen MR) is 72.1 cm³/mol. The van der Waals surface area contributed by atoms with Crippen LogP contribution in [0.4, 0.5) is 0 Å². The summed E-state index contributed by atoms with van der Waals surface area (Å²) in [7, 11) is 1.77. The van der Waals surface area contributed by atoms with Crippen LogP contribution in [0.5, 0.6) is 0 Å². The van der Waals surface area contributed by atoms with Gasteiger partial charge in [-0.05, 0) is 25.7 Å². The van der Waals surface area contributed by atoms with Crippen molar-refractivity contribution < 1.29 is 14.2 Å². The lowest BCUT2D eigenvalue weighted by molar-refractivity contribution is -0.167. The Balaban J connectivity index is 1.56. The lowest BCUT2D eigenvalue weighted by atomic mass is 9.92. The second kappa shape index (κ2) is 5.77. The summed E-state index contributed by atoms with van der Waals surface area (Å²) in [5.74, 6) is -0.282. The summed E-state index contributed by atoms with van der Waals surface area (Å²) in [6, 6.07) is 0.465. The van der Waals surface area contributed by atoms with E-state index < -0.39 is 0 Å². The second-order valence-electron chi connectivity index (χ2n) is 5.69. The van der Waals surface area contributed by atoms with E-state index >= 15 is 0 Å². The normalized spacial score (nSPS) is 30.3. The van der Waals surface area contributed by atoms with Gasteiger partial charge in [0.05, 0.1) is 25.9 Å². The van der Waals surface area contributed by atoms with Gasteiger partial charge < -0.3 is 14.2 Å². The molecule has 0 bridgehead atoms. The van der Waals surface area contributed by atoms with E-state index in [1.165, 1.54) is 18.6 Å². The van der Waals surface area contributed by atoms with Crippen molar-refractivity contribution in [2.75, 3.05) is 33.5 Å². The van der Waals surface area contributed by atoms with Crippen LogP contribution in [0.15, 0.2) is 5.10 Å². The fraction of sp³-hybridized carbons (Fsp3) is 0.929. The zero-order chi connectivity index (χ0) is 13.1. The largest absolute Gasteiger partial charge is 0.382 e. The van der Waals surface area contributed by atoms with E-state index in [2.05, 4.69) is 5.01 Å². The Hall–Kier alpha value is -0.650. The van der Waals surface area contributed by atoms with Crippen molar-refractivity contribution in [1.82, 2.24) is 5.01 Å². The summed E-state index contributed by atoms with van der Waals surface area (Å²) in [4.78, 5) is 0. The van der Waals surface area contributed by atoms with Crippen molar-refractivity contribution in [3.63, 3.8) is 0 Å². The molecular weight excluding hydrogens is 244 g/mol. The number of hydrogen-bond acceptors (Lipinski definition) is 5. The van der Waals surface area contributed by atoms with Crippen LogP contribution in [0, 0.1) is 0 Å². The van der Waals surface area contributed by atoms with E-state index in [-0.39, 0.29) is 5.79 Å². The van der Waals surface area contributed by atoms with Crippen molar-refractivity contribution in [3.8, 4) is 0 Å². The van der Waals surface area contributed by atoms with Crippen LogP contribution < -0.4 is 0 Å². The Bertz CT molecular complexity index is 328. The first-order valence-corrected chi connectivity index (χ1v) is 7.41. The van der Waals surface area contributed by atoms with Gasteiger partial charge in [-0.2, -0.15) is 5.10 Å². The smallest absolute Gasteiger partial charge is 0.169 e. The van der Waals surface area contributed by atoms with E-state index in [4.69, 9.17) is 19.3 Å². The van der Waals surface area contributed by atoms with Gasteiger partial charge in [0.15, 0.2) is 5.79 Å². The Morgan fingerprint density at radius 3 is 2.74 bits per heavy atom. The Kier molecular flexibility index (Phi) is 4.05. The van der Waals surface area contributed by atoms with Crippen molar-refractivity contribution in [3.05, 3.63) is 0 Å². The van der Waals surface area contributed by atoms with Gasteiger partial charge in [0.2, 0.25) is 0 Å². The van der Waals surface area contributed by atoms with E-state index in [0.29, 0.717) is 6.04 Å². The molecule has 0 aromatic heterocycles. The fourth-order valence-corrected chi connectivity index (χ4v) is 3.30. The lowest BCUT2D eigenvalue weighted by Crippen LogP contribution is -2.36. The number of ether oxygens (including phenoxy) is 3. The molecule has 0 amide bonds. The fourth-order valence-electron chi connectivity index (χ4n) is 3.30. The van der Waals surface area contributed by atoms with Gasteiger partial charge in [-0.3, -0.25) is 5.01 Å². The molecule has 1 aliphatic carbocycles. The van der Waals surface area contributed by atoms with Gasteiger partial charge in [-0.15, -0.1) is 0 Å². The highest BCUT2D eigenvalue weighted by molar-refractivity contribution is 5.85. The summed E-state index contributed by atoms with van der Waals surface area (Å²) >= 11 is 0. The van der Waals surface area contributed by atoms with E-state index in [1.54, 1.807) is 7.11 Å². The molecule has 5 heteroatoms. The van der Waals surface area contributed by atoms with Crippen molar-refractivity contribution >= 4 is 5.71 Å². The first kappa shape index (κ1) is 13.3. The van der Waals surface area contributed by atoms with Crippen molar-refractivity contribution in [2.24, 2.45) is 5.10 Å². The molecule has 108 valence electrons. The van der Waals surface area contributed by atoms with Crippen LogP contribution in [-0.2, 0) is 14.2 Å². The standard InChI is InChI=1S/C14H24N2O3/c1-17-11-13-3-2-8-16(13)15-12-4-6-14(7-5-12)18-9-10-19-14/h13H,2-11H2,1H3/t13-/m0/s1. The summed E-state index contributed by atoms with van der Waals surface area (Å²) in [6.07, 6.45) is 6.32. The third kappa shape index (κ3) is 2.93. The molecule has 0 aromatic carbocycles. The molecule has 0 N–H and O–H groups in total. The molecule has 1 atom stereocenters. The Morgan fingerprint density at radius 1 is 1.32 bits per heavy atom.